The smallest absolute Gasteiger partial charge is 0.00270 e. The van der Waals surface area contributed by atoms with Gasteiger partial charge in [-0.15, -0.1) is 12.4 Å². The molecule has 0 N–H and O–H groups in total. The average Bonchev–Trinajstić information content (AvgIpc) is 2.65. The third kappa shape index (κ3) is 28.2. The van der Waals surface area contributed by atoms with Crippen LogP contribution >= 0.6 is 12.4 Å². The van der Waals surface area contributed by atoms with Gasteiger partial charge in [-0.3, -0.25) is 0 Å². The van der Waals surface area contributed by atoms with E-state index in [1.54, 1.807) is 0 Å². The molecule has 2 heteroatoms. The van der Waals surface area contributed by atoms with Crippen LogP contribution in [0.5, 0.6) is 0 Å². The maximum Gasteiger partial charge on any atom is 0.00270 e. The van der Waals surface area contributed by atoms with Crippen molar-refractivity contribution in [2.75, 3.05) is 20.1 Å². The Morgan fingerprint density at radius 1 is 0.467 bits per heavy atom. The SMILES string of the molecule is CCCCCCCCCCCCCCCCCCCCCCN(C)CC(C)(C)C.Cl. The lowest BCUT2D eigenvalue weighted by molar-refractivity contribution is 0.223. The van der Waals surface area contributed by atoms with E-state index in [9.17, 15) is 0 Å². The standard InChI is InChI=1S/C28H59N.ClH/c1-6-7-8-9-10-11-12-13-14-15-16-17-18-19-20-21-22-23-24-25-26-29(5)27-28(2,3)4;/h6-27H2,1-5H3;1H. The highest BCUT2D eigenvalue weighted by Gasteiger charge is 2.12. The van der Waals surface area contributed by atoms with Gasteiger partial charge in [-0.2, -0.15) is 0 Å². The predicted octanol–water partition coefficient (Wildman–Crippen LogP) is 10.2. The van der Waals surface area contributed by atoms with E-state index in [4.69, 9.17) is 0 Å². The summed E-state index contributed by atoms with van der Waals surface area (Å²) in [4.78, 5) is 2.51. The normalized spacial score (nSPS) is 11.8. The highest BCUT2D eigenvalue weighted by Crippen LogP contribution is 2.16. The maximum atomic E-state index is 2.51. The largest absolute Gasteiger partial charge is 0.306 e. The molecule has 0 heterocycles. The molecule has 0 aliphatic rings. The Morgan fingerprint density at radius 3 is 1.00 bits per heavy atom. The van der Waals surface area contributed by atoms with Crippen LogP contribution in [0.3, 0.4) is 0 Å². The van der Waals surface area contributed by atoms with E-state index in [0.717, 1.165) is 0 Å². The number of hydrogen-bond donors (Lipinski definition) is 0. The van der Waals surface area contributed by atoms with E-state index in [-0.39, 0.29) is 12.4 Å². The molecule has 0 unspecified atom stereocenters. The lowest BCUT2D eigenvalue weighted by Crippen LogP contribution is -2.30. The molecule has 0 fully saturated rings. The van der Waals surface area contributed by atoms with E-state index in [0.29, 0.717) is 5.41 Å². The van der Waals surface area contributed by atoms with E-state index in [1.165, 1.54) is 142 Å². The van der Waals surface area contributed by atoms with Crippen LogP contribution in [0.15, 0.2) is 0 Å². The van der Waals surface area contributed by atoms with Gasteiger partial charge in [0.1, 0.15) is 0 Å². The van der Waals surface area contributed by atoms with Gasteiger partial charge in [0.2, 0.25) is 0 Å². The zero-order chi connectivity index (χ0) is 21.6. The van der Waals surface area contributed by atoms with Crippen molar-refractivity contribution in [2.24, 2.45) is 5.41 Å². The molecule has 0 aromatic carbocycles. The van der Waals surface area contributed by atoms with Crippen molar-refractivity contribution in [1.29, 1.82) is 0 Å². The molecule has 184 valence electrons. The van der Waals surface area contributed by atoms with Crippen LogP contribution in [0, 0.1) is 5.41 Å². The third-order valence-electron chi connectivity index (χ3n) is 6.14. The van der Waals surface area contributed by atoms with Crippen molar-refractivity contribution in [3.8, 4) is 0 Å². The zero-order valence-electron chi connectivity index (χ0n) is 21.9. The fourth-order valence-electron chi connectivity index (χ4n) is 4.53. The first-order valence-corrected chi connectivity index (χ1v) is 13.6. The summed E-state index contributed by atoms with van der Waals surface area (Å²) in [7, 11) is 2.28. The summed E-state index contributed by atoms with van der Waals surface area (Å²) in [5.41, 5.74) is 0.433. The van der Waals surface area contributed by atoms with Crippen LogP contribution in [-0.2, 0) is 0 Å². The van der Waals surface area contributed by atoms with Crippen molar-refractivity contribution in [2.45, 2.75) is 156 Å². The summed E-state index contributed by atoms with van der Waals surface area (Å²) in [6, 6.07) is 0. The molecular formula is C28H60ClN. The minimum Gasteiger partial charge on any atom is -0.306 e. The van der Waals surface area contributed by atoms with Gasteiger partial charge in [0.15, 0.2) is 0 Å². The van der Waals surface area contributed by atoms with Crippen molar-refractivity contribution in [3.63, 3.8) is 0 Å². The van der Waals surface area contributed by atoms with Crippen molar-refractivity contribution >= 4 is 12.4 Å². The molecule has 0 saturated carbocycles. The van der Waals surface area contributed by atoms with Crippen molar-refractivity contribution < 1.29 is 0 Å². The molecule has 0 aliphatic carbocycles. The molecule has 30 heavy (non-hydrogen) atoms. The van der Waals surface area contributed by atoms with Gasteiger partial charge in [0.25, 0.3) is 0 Å². The second-order valence-electron chi connectivity index (χ2n) is 11.0. The van der Waals surface area contributed by atoms with Crippen LogP contribution in [0.1, 0.15) is 156 Å². The first-order chi connectivity index (χ1) is 14.0. The second-order valence-corrected chi connectivity index (χ2v) is 11.0. The molecular weight excluding hydrogens is 386 g/mol. The summed E-state index contributed by atoms with van der Waals surface area (Å²) in [6.45, 7) is 11.8. The monoisotopic (exact) mass is 445 g/mol. The Balaban J connectivity index is 0. The summed E-state index contributed by atoms with van der Waals surface area (Å²) >= 11 is 0. The number of hydrogen-bond acceptors (Lipinski definition) is 1. The first-order valence-electron chi connectivity index (χ1n) is 13.6. The van der Waals surface area contributed by atoms with E-state index in [2.05, 4.69) is 39.6 Å². The lowest BCUT2D eigenvalue weighted by Gasteiger charge is -2.26. The van der Waals surface area contributed by atoms with Crippen LogP contribution in [0.4, 0.5) is 0 Å². The van der Waals surface area contributed by atoms with Gasteiger partial charge in [-0.25, -0.2) is 0 Å². The molecule has 0 aromatic rings. The summed E-state index contributed by atoms with van der Waals surface area (Å²) in [6.07, 6.45) is 29.2. The number of rotatable bonds is 22. The Kier molecular flexibility index (Phi) is 25.8. The van der Waals surface area contributed by atoms with Gasteiger partial charge in [-0.05, 0) is 25.4 Å². The molecule has 1 nitrogen and oxygen atoms in total. The Hall–Kier alpha value is 0.250. The Morgan fingerprint density at radius 2 is 0.733 bits per heavy atom. The molecule has 0 atom stereocenters. The summed E-state index contributed by atoms with van der Waals surface area (Å²) in [5, 5.41) is 0. The van der Waals surface area contributed by atoms with E-state index >= 15 is 0 Å². The van der Waals surface area contributed by atoms with Crippen molar-refractivity contribution in [3.05, 3.63) is 0 Å². The molecule has 0 radical (unpaired) electrons. The fraction of sp³-hybridized carbons (Fsp3) is 1.00. The van der Waals surface area contributed by atoms with Crippen LogP contribution in [0.2, 0.25) is 0 Å². The second kappa shape index (κ2) is 23.9. The van der Waals surface area contributed by atoms with Gasteiger partial charge >= 0.3 is 0 Å². The summed E-state index contributed by atoms with van der Waals surface area (Å²) < 4.78 is 0. The van der Waals surface area contributed by atoms with Crippen LogP contribution in [-0.4, -0.2) is 25.0 Å². The molecule has 0 aromatic heterocycles. The minimum atomic E-state index is 0. The van der Waals surface area contributed by atoms with Gasteiger partial charge in [-0.1, -0.05) is 150 Å². The predicted molar refractivity (Wildman–Crippen MR) is 142 cm³/mol. The number of halogens is 1. The van der Waals surface area contributed by atoms with Crippen LogP contribution in [0.25, 0.3) is 0 Å². The highest BCUT2D eigenvalue weighted by atomic mass is 35.5. The Labute approximate surface area is 199 Å². The molecule has 0 amide bonds. The molecule has 0 bridgehead atoms. The zero-order valence-corrected chi connectivity index (χ0v) is 22.7. The topological polar surface area (TPSA) is 3.24 Å². The quantitative estimate of drug-likeness (QED) is 0.150. The van der Waals surface area contributed by atoms with E-state index in [1.807, 2.05) is 0 Å². The van der Waals surface area contributed by atoms with Crippen molar-refractivity contribution in [1.82, 2.24) is 4.90 Å². The number of unbranched alkanes of at least 4 members (excludes halogenated alkanes) is 19. The lowest BCUT2D eigenvalue weighted by atomic mass is 9.96. The van der Waals surface area contributed by atoms with Gasteiger partial charge in [0, 0.05) is 6.54 Å². The molecule has 0 saturated heterocycles. The Bertz CT molecular complexity index is 310. The highest BCUT2D eigenvalue weighted by molar-refractivity contribution is 5.85. The maximum absolute atomic E-state index is 2.51. The van der Waals surface area contributed by atoms with Crippen LogP contribution < -0.4 is 0 Å². The van der Waals surface area contributed by atoms with E-state index < -0.39 is 0 Å². The average molecular weight is 446 g/mol. The molecule has 0 spiro atoms. The molecule has 0 aliphatic heterocycles. The fourth-order valence-corrected chi connectivity index (χ4v) is 4.53. The summed E-state index contributed by atoms with van der Waals surface area (Å²) in [5.74, 6) is 0. The first kappa shape index (κ1) is 32.4. The molecule has 0 rings (SSSR count). The van der Waals surface area contributed by atoms with Gasteiger partial charge in [0.05, 0.1) is 0 Å². The number of nitrogens with zero attached hydrogens (tertiary/aromatic N) is 1. The minimum absolute atomic E-state index is 0. The third-order valence-corrected chi connectivity index (χ3v) is 6.14. The van der Waals surface area contributed by atoms with Gasteiger partial charge < -0.3 is 4.90 Å².